The van der Waals surface area contributed by atoms with Crippen molar-refractivity contribution in [3.63, 3.8) is 0 Å². The van der Waals surface area contributed by atoms with Gasteiger partial charge >= 0.3 is 0 Å². The largest absolute Gasteiger partial charge is 0.378 e. The molecule has 1 aliphatic carbocycles. The highest BCUT2D eigenvalue weighted by Crippen LogP contribution is 2.20. The van der Waals surface area contributed by atoms with Gasteiger partial charge in [-0.1, -0.05) is 49.6 Å². The highest BCUT2D eigenvalue weighted by Gasteiger charge is 2.15. The molecule has 1 aromatic carbocycles. The Kier molecular flexibility index (Phi) is 7.75. The lowest BCUT2D eigenvalue weighted by Gasteiger charge is -2.23. The van der Waals surface area contributed by atoms with Crippen LogP contribution in [0.3, 0.4) is 0 Å². The molecule has 0 radical (unpaired) electrons. The first kappa shape index (κ1) is 16.4. The normalized spacial score (nSPS) is 17.8. The Bertz CT molecular complexity index is 362. The average Bonchev–Trinajstić information content (AvgIpc) is 2.55. The van der Waals surface area contributed by atoms with Crippen LogP contribution < -0.4 is 0 Å². The lowest BCUT2D eigenvalue weighted by atomic mass is 9.98. The molecule has 1 saturated carbocycles. The first-order valence-electron chi connectivity index (χ1n) is 7.92. The molecule has 21 heavy (non-hydrogen) atoms. The monoisotopic (exact) mass is 294 g/mol. The van der Waals surface area contributed by atoms with Crippen molar-refractivity contribution in [2.75, 3.05) is 13.2 Å². The molecule has 1 aliphatic rings. The van der Waals surface area contributed by atoms with E-state index in [0.29, 0.717) is 32.3 Å². The van der Waals surface area contributed by atoms with Gasteiger partial charge in [-0.15, -0.1) is 0 Å². The summed E-state index contributed by atoms with van der Waals surface area (Å²) in [5, 5.41) is 8.92. The fourth-order valence-corrected chi connectivity index (χ4v) is 2.65. The van der Waals surface area contributed by atoms with Gasteiger partial charge in [0.15, 0.2) is 0 Å². The van der Waals surface area contributed by atoms with Gasteiger partial charge in [-0.25, -0.2) is 4.89 Å². The van der Waals surface area contributed by atoms with Crippen LogP contribution in [-0.4, -0.2) is 30.7 Å². The van der Waals surface area contributed by atoms with Gasteiger partial charge in [-0.05, 0) is 18.4 Å². The van der Waals surface area contributed by atoms with Crippen LogP contribution in [0, 0.1) is 0 Å². The van der Waals surface area contributed by atoms with Crippen molar-refractivity contribution in [2.45, 2.75) is 57.3 Å². The molecule has 4 heteroatoms. The molecule has 2 rings (SSSR count). The lowest BCUT2D eigenvalue weighted by molar-refractivity contribution is -0.290. The van der Waals surface area contributed by atoms with Crippen molar-refractivity contribution in [3.05, 3.63) is 35.9 Å². The highest BCUT2D eigenvalue weighted by atomic mass is 17.1. The SMILES string of the molecule is OOC(CCOC1CCCCC1)COCc1ccccc1. The summed E-state index contributed by atoms with van der Waals surface area (Å²) in [4.78, 5) is 4.47. The predicted molar refractivity (Wildman–Crippen MR) is 81.0 cm³/mol. The number of hydrogen-bond acceptors (Lipinski definition) is 4. The fraction of sp³-hybridized carbons (Fsp3) is 0.647. The van der Waals surface area contributed by atoms with Crippen LogP contribution in [0.4, 0.5) is 0 Å². The molecular weight excluding hydrogens is 268 g/mol. The average molecular weight is 294 g/mol. The number of ether oxygens (including phenoxy) is 2. The number of benzene rings is 1. The molecule has 0 bridgehead atoms. The summed E-state index contributed by atoms with van der Waals surface area (Å²) < 4.78 is 11.4. The molecule has 0 amide bonds. The predicted octanol–water partition coefficient (Wildman–Crippen LogP) is 3.80. The van der Waals surface area contributed by atoms with E-state index in [1.165, 1.54) is 19.3 Å². The Morgan fingerprint density at radius 1 is 1.10 bits per heavy atom. The molecular formula is C17H26O4. The summed E-state index contributed by atoms with van der Waals surface area (Å²) in [7, 11) is 0. The van der Waals surface area contributed by atoms with Gasteiger partial charge in [0.05, 0.1) is 19.3 Å². The van der Waals surface area contributed by atoms with E-state index in [-0.39, 0.29) is 6.10 Å². The summed E-state index contributed by atoms with van der Waals surface area (Å²) in [6.45, 7) is 1.52. The minimum absolute atomic E-state index is 0.322. The van der Waals surface area contributed by atoms with Crippen LogP contribution in [0.2, 0.25) is 0 Å². The van der Waals surface area contributed by atoms with Crippen molar-refractivity contribution < 1.29 is 19.6 Å². The minimum atomic E-state index is -0.322. The molecule has 4 nitrogen and oxygen atoms in total. The molecule has 1 atom stereocenters. The topological polar surface area (TPSA) is 47.9 Å². The molecule has 118 valence electrons. The van der Waals surface area contributed by atoms with Crippen LogP contribution in [0.15, 0.2) is 30.3 Å². The van der Waals surface area contributed by atoms with Gasteiger partial charge in [0.25, 0.3) is 0 Å². The van der Waals surface area contributed by atoms with Crippen LogP contribution in [0.5, 0.6) is 0 Å². The summed E-state index contributed by atoms with van der Waals surface area (Å²) in [5.41, 5.74) is 1.12. The molecule has 0 saturated heterocycles. The van der Waals surface area contributed by atoms with Crippen LogP contribution in [-0.2, 0) is 21.0 Å². The second-order valence-corrected chi connectivity index (χ2v) is 5.65. The molecule has 1 fully saturated rings. The van der Waals surface area contributed by atoms with Gasteiger partial charge in [-0.3, -0.25) is 5.26 Å². The van der Waals surface area contributed by atoms with E-state index < -0.39 is 0 Å². The Morgan fingerprint density at radius 3 is 2.57 bits per heavy atom. The number of rotatable bonds is 9. The van der Waals surface area contributed by atoms with Crippen LogP contribution in [0.1, 0.15) is 44.1 Å². The van der Waals surface area contributed by atoms with Crippen molar-refractivity contribution in [3.8, 4) is 0 Å². The van der Waals surface area contributed by atoms with Crippen LogP contribution in [0.25, 0.3) is 0 Å². The molecule has 0 spiro atoms. The molecule has 1 aromatic rings. The Hall–Kier alpha value is -0.940. The van der Waals surface area contributed by atoms with Crippen LogP contribution >= 0.6 is 0 Å². The van der Waals surface area contributed by atoms with E-state index in [4.69, 9.17) is 14.7 Å². The third kappa shape index (κ3) is 6.57. The summed E-state index contributed by atoms with van der Waals surface area (Å²) >= 11 is 0. The van der Waals surface area contributed by atoms with Gasteiger partial charge in [0.1, 0.15) is 6.10 Å². The second kappa shape index (κ2) is 9.90. The molecule has 1 N–H and O–H groups in total. The summed E-state index contributed by atoms with van der Waals surface area (Å²) in [6, 6.07) is 9.97. The third-order valence-corrected chi connectivity index (χ3v) is 3.91. The van der Waals surface area contributed by atoms with Crippen molar-refractivity contribution >= 4 is 0 Å². The van der Waals surface area contributed by atoms with E-state index in [0.717, 1.165) is 18.4 Å². The zero-order chi connectivity index (χ0) is 14.8. The molecule has 0 aliphatic heterocycles. The van der Waals surface area contributed by atoms with E-state index in [1.807, 2.05) is 30.3 Å². The lowest BCUT2D eigenvalue weighted by Crippen LogP contribution is -2.23. The molecule has 1 unspecified atom stereocenters. The third-order valence-electron chi connectivity index (χ3n) is 3.91. The van der Waals surface area contributed by atoms with Crippen molar-refractivity contribution in [1.29, 1.82) is 0 Å². The van der Waals surface area contributed by atoms with Gasteiger partial charge < -0.3 is 9.47 Å². The quantitative estimate of drug-likeness (QED) is 0.556. The summed E-state index contributed by atoms with van der Waals surface area (Å²) in [6.07, 6.45) is 6.91. The standard InChI is InChI=1S/C17H26O4/c18-21-17(11-12-20-16-9-5-2-6-10-16)14-19-13-15-7-3-1-4-8-15/h1,3-4,7-8,16-18H,2,5-6,9-14H2. The first-order chi connectivity index (χ1) is 10.4. The summed E-state index contributed by atoms with van der Waals surface area (Å²) in [5.74, 6) is 0. The number of hydrogen-bond donors (Lipinski definition) is 1. The zero-order valence-electron chi connectivity index (χ0n) is 12.6. The Morgan fingerprint density at radius 2 is 1.86 bits per heavy atom. The Labute approximate surface area is 127 Å². The minimum Gasteiger partial charge on any atom is -0.378 e. The first-order valence-corrected chi connectivity index (χ1v) is 7.92. The maximum absolute atomic E-state index is 8.92. The molecule has 0 aromatic heterocycles. The van der Waals surface area contributed by atoms with Gasteiger partial charge in [0, 0.05) is 13.0 Å². The highest BCUT2D eigenvalue weighted by molar-refractivity contribution is 5.13. The van der Waals surface area contributed by atoms with E-state index in [1.54, 1.807) is 0 Å². The maximum Gasteiger partial charge on any atom is 0.118 e. The van der Waals surface area contributed by atoms with E-state index in [9.17, 15) is 0 Å². The van der Waals surface area contributed by atoms with E-state index in [2.05, 4.69) is 4.89 Å². The fourth-order valence-electron chi connectivity index (χ4n) is 2.65. The molecule has 0 heterocycles. The Balaban J connectivity index is 1.57. The van der Waals surface area contributed by atoms with Crippen molar-refractivity contribution in [1.82, 2.24) is 0 Å². The van der Waals surface area contributed by atoms with Crippen molar-refractivity contribution in [2.24, 2.45) is 0 Å². The van der Waals surface area contributed by atoms with Gasteiger partial charge in [0.2, 0.25) is 0 Å². The van der Waals surface area contributed by atoms with E-state index >= 15 is 0 Å². The second-order valence-electron chi connectivity index (χ2n) is 5.65. The van der Waals surface area contributed by atoms with Gasteiger partial charge in [-0.2, -0.15) is 0 Å². The smallest absolute Gasteiger partial charge is 0.118 e. The maximum atomic E-state index is 8.92. The zero-order valence-corrected chi connectivity index (χ0v) is 12.6.